The van der Waals surface area contributed by atoms with Gasteiger partial charge < -0.3 is 67.6 Å². The monoisotopic (exact) mass is 1200 g/mol. The third-order valence-corrected chi connectivity index (χ3v) is 18.5. The lowest BCUT2D eigenvalue weighted by molar-refractivity contribution is -0.347. The molecule has 10 rings (SSSR count). The van der Waals surface area contributed by atoms with Crippen molar-refractivity contribution in [3.8, 4) is 0 Å². The van der Waals surface area contributed by atoms with Crippen LogP contribution in [0, 0.1) is 22.7 Å². The Hall–Kier alpha value is -6.43. The Balaban J connectivity index is 0.00000884. The number of nitrogens with one attached hydrogen (secondary N) is 1. The maximum Gasteiger partial charge on any atom is 0.350 e. The van der Waals surface area contributed by atoms with Gasteiger partial charge in [-0.3, -0.25) is 28.8 Å². The summed E-state index contributed by atoms with van der Waals surface area (Å²) < 4.78 is 67.6. The van der Waals surface area contributed by atoms with E-state index in [2.05, 4.69) is 5.32 Å². The fourth-order valence-electron chi connectivity index (χ4n) is 14.6. The largest absolute Gasteiger partial charge is 0.458 e. The van der Waals surface area contributed by atoms with E-state index in [1.165, 1.54) is 13.8 Å². The third-order valence-electron chi connectivity index (χ3n) is 18.5. The van der Waals surface area contributed by atoms with Crippen LogP contribution in [0.2, 0.25) is 0 Å². The Kier molecular flexibility index (Phi) is 18.1. The number of amides is 1. The van der Waals surface area contributed by atoms with Crippen molar-refractivity contribution < 1.29 is 95.9 Å². The number of carbonyl (C=O) groups is 7. The zero-order valence-corrected chi connectivity index (χ0v) is 49.6. The zero-order valence-electron chi connectivity index (χ0n) is 49.6. The van der Waals surface area contributed by atoms with Gasteiger partial charge in [0, 0.05) is 66.9 Å². The second-order valence-corrected chi connectivity index (χ2v) is 25.3. The minimum atomic E-state index is -2.15. The van der Waals surface area contributed by atoms with E-state index in [1.807, 2.05) is 0 Å². The topological polar surface area (TPSA) is 274 Å². The average Bonchev–Trinajstić information content (AvgIpc) is 0.835. The molecule has 3 aromatic rings. The minimum Gasteiger partial charge on any atom is -0.458 e. The van der Waals surface area contributed by atoms with E-state index in [9.17, 15) is 39.0 Å². The van der Waals surface area contributed by atoms with E-state index >= 15 is 4.79 Å². The van der Waals surface area contributed by atoms with Crippen molar-refractivity contribution in [1.82, 2.24) is 5.32 Å². The van der Waals surface area contributed by atoms with Gasteiger partial charge in [0.05, 0.1) is 37.8 Å². The molecule has 3 N–H and O–H groups in total. The van der Waals surface area contributed by atoms with Crippen molar-refractivity contribution in [1.29, 1.82) is 0 Å². The SMILES string of the molecule is C.CC(=O)OC1C[C@]2(C)C(O)CC3OC[C@@]3(OC(C)=O)C2[C@H](CC(=O)c2ccccc2)C2(O)CC(OC(=O)C(OC(=O)CCC(=O)OC3C(C4COC(C)(C)O4)OC4OC(C)(C)OC43)C(NC(=O)c3ccccc3)c3ccccc3)C(C)=C1C2(C)C. The van der Waals surface area contributed by atoms with Crippen molar-refractivity contribution >= 4 is 41.5 Å². The van der Waals surface area contributed by atoms with Gasteiger partial charge in [0.2, 0.25) is 6.10 Å². The number of Topliss-reactive ketones (excluding diaryl/α,β-unsaturated/α-hetero) is 1. The molecule has 1 amide bonds. The lowest BCUT2D eigenvalue weighted by atomic mass is 9.42. The molecule has 3 aromatic carbocycles. The number of hydrogen-bond acceptors (Lipinski definition) is 20. The van der Waals surface area contributed by atoms with Crippen molar-refractivity contribution in [3.63, 3.8) is 0 Å². The van der Waals surface area contributed by atoms with Crippen molar-refractivity contribution in [2.24, 2.45) is 22.7 Å². The molecule has 6 fully saturated rings. The molecule has 2 bridgehead atoms. The number of rotatable bonds is 17. The molecule has 0 aromatic heterocycles. The Morgan fingerprint density at radius 3 is 1.94 bits per heavy atom. The van der Waals surface area contributed by atoms with Gasteiger partial charge in [-0.2, -0.15) is 0 Å². The number of aliphatic hydroxyl groups is 2. The molecule has 21 heteroatoms. The summed E-state index contributed by atoms with van der Waals surface area (Å²) >= 11 is 0. The lowest BCUT2D eigenvalue weighted by Gasteiger charge is -2.69. The van der Waals surface area contributed by atoms with Gasteiger partial charge in [0.15, 0.2) is 41.5 Å². The van der Waals surface area contributed by atoms with Crippen LogP contribution < -0.4 is 5.32 Å². The van der Waals surface area contributed by atoms with Gasteiger partial charge in [-0.1, -0.05) is 107 Å². The van der Waals surface area contributed by atoms with Gasteiger partial charge in [-0.25, -0.2) is 4.79 Å². The van der Waals surface area contributed by atoms with E-state index in [0.29, 0.717) is 22.3 Å². The van der Waals surface area contributed by atoms with Gasteiger partial charge in [-0.15, -0.1) is 0 Å². The van der Waals surface area contributed by atoms with Crippen molar-refractivity contribution in [2.75, 3.05) is 13.2 Å². The molecule has 4 saturated heterocycles. The van der Waals surface area contributed by atoms with Crippen LogP contribution in [0.5, 0.6) is 0 Å². The first-order chi connectivity index (χ1) is 40.1. The summed E-state index contributed by atoms with van der Waals surface area (Å²) in [5.74, 6) is -9.81. The molecule has 16 atom stereocenters. The molecule has 0 spiro atoms. The van der Waals surface area contributed by atoms with Crippen LogP contribution in [0.15, 0.2) is 102 Å². The summed E-state index contributed by atoms with van der Waals surface area (Å²) in [7, 11) is 0. The highest BCUT2D eigenvalue weighted by Gasteiger charge is 2.75. The predicted molar refractivity (Wildman–Crippen MR) is 304 cm³/mol. The first kappa shape index (κ1) is 64.1. The molecule has 3 aliphatic carbocycles. The summed E-state index contributed by atoms with van der Waals surface area (Å²) in [4.78, 5) is 99.8. The summed E-state index contributed by atoms with van der Waals surface area (Å²) in [5, 5.41) is 29.6. The maximum atomic E-state index is 15.6. The number of ether oxygens (including phenoxy) is 11. The number of hydrogen-bond donors (Lipinski definition) is 3. The quantitative estimate of drug-likeness (QED) is 0.0525. The number of benzene rings is 3. The van der Waals surface area contributed by atoms with Crippen LogP contribution >= 0.6 is 0 Å². The molecule has 4 aliphatic heterocycles. The number of esters is 5. The first-order valence-electron chi connectivity index (χ1n) is 29.1. The average molecular weight is 1200 g/mol. The number of fused-ring (bicyclic) bond motifs is 6. The highest BCUT2D eigenvalue weighted by atomic mass is 16.9. The fraction of sp³-hybridized carbons (Fsp3) is 0.585. The van der Waals surface area contributed by atoms with E-state index in [0.717, 1.165) is 0 Å². The summed E-state index contributed by atoms with van der Waals surface area (Å²) in [6.45, 7) is 16.3. The second-order valence-electron chi connectivity index (χ2n) is 25.3. The molecule has 13 unspecified atom stereocenters. The van der Waals surface area contributed by atoms with E-state index in [1.54, 1.807) is 146 Å². The van der Waals surface area contributed by atoms with Crippen LogP contribution in [0.4, 0.5) is 0 Å². The van der Waals surface area contributed by atoms with Crippen LogP contribution in [0.1, 0.15) is 148 Å². The Bertz CT molecular complexity index is 3080. The van der Waals surface area contributed by atoms with E-state index < -0.39 is 168 Å². The van der Waals surface area contributed by atoms with E-state index in [4.69, 9.17) is 52.1 Å². The van der Waals surface area contributed by atoms with Crippen LogP contribution in [-0.4, -0.2) is 149 Å². The number of ketones is 1. The fourth-order valence-corrected chi connectivity index (χ4v) is 14.6. The number of aliphatic hydroxyl groups excluding tert-OH is 1. The van der Waals surface area contributed by atoms with Crippen molar-refractivity contribution in [3.05, 3.63) is 119 Å². The molecule has 86 heavy (non-hydrogen) atoms. The normalized spacial score (nSPS) is 34.1. The van der Waals surface area contributed by atoms with Gasteiger partial charge in [-0.05, 0) is 69.9 Å². The smallest absolute Gasteiger partial charge is 0.350 e. The lowest BCUT2D eigenvalue weighted by Crippen LogP contribution is -2.78. The zero-order chi connectivity index (χ0) is 61.2. The molecule has 466 valence electrons. The summed E-state index contributed by atoms with van der Waals surface area (Å²) in [5.41, 5.74) is -4.91. The molecule has 7 aliphatic rings. The highest BCUT2D eigenvalue weighted by Crippen LogP contribution is 2.67. The second kappa shape index (κ2) is 24.3. The molecular formula is C65H81NO20. The van der Waals surface area contributed by atoms with Gasteiger partial charge in [0.1, 0.15) is 36.6 Å². The van der Waals surface area contributed by atoms with Gasteiger partial charge in [0.25, 0.3) is 5.91 Å². The number of carbonyl (C=O) groups excluding carboxylic acids is 7. The first-order valence-corrected chi connectivity index (χ1v) is 29.1. The predicted octanol–water partition coefficient (Wildman–Crippen LogP) is 7.13. The Morgan fingerprint density at radius 2 is 1.35 bits per heavy atom. The van der Waals surface area contributed by atoms with Gasteiger partial charge >= 0.3 is 29.8 Å². The molecule has 21 nitrogen and oxygen atoms in total. The highest BCUT2D eigenvalue weighted by molar-refractivity contribution is 5.96. The Morgan fingerprint density at radius 1 is 0.721 bits per heavy atom. The van der Waals surface area contributed by atoms with Crippen LogP contribution in [0.25, 0.3) is 0 Å². The third kappa shape index (κ3) is 12.1. The molecular weight excluding hydrogens is 1110 g/mol. The van der Waals surface area contributed by atoms with E-state index in [-0.39, 0.29) is 51.2 Å². The Labute approximate surface area is 500 Å². The van der Waals surface area contributed by atoms with Crippen LogP contribution in [0.3, 0.4) is 0 Å². The molecule has 0 radical (unpaired) electrons. The maximum absolute atomic E-state index is 15.6. The summed E-state index contributed by atoms with van der Waals surface area (Å²) in [6, 6.07) is 23.4. The standard InChI is InChI=1S/C64H77NO20.CH4/c1-34-42(31-64(74)40(28-41(68)37-20-14-11-15-21-37)55-62(10,30-43(77-35(2)66)49(34)59(64,4)5)45(69)29-46-63(55,33-75-46)82-36(3)67)78-57(73)52(50(38-22-16-12-17-23-38)65-56(72)39-24-18-13-19-25-39)79-47(70)26-27-48(71)80-53-51(44-32-76-60(6,7)83-44)81-58-54(53)84-61(8,9)85-58;/h11-25,40,42-46,50-55,58,69,74H,26-33H2,1-10H3,(H,65,72);1H4/t40-,42?,43?,44?,45?,46?,50?,51?,52?,53?,54?,55?,58?,62+,63-,64?;/m0./s1. The van der Waals surface area contributed by atoms with Crippen molar-refractivity contribution in [2.45, 2.75) is 205 Å². The van der Waals surface area contributed by atoms with Crippen LogP contribution in [-0.2, 0) is 76.1 Å². The molecule has 4 heterocycles. The minimum absolute atomic E-state index is 0. The summed E-state index contributed by atoms with van der Waals surface area (Å²) in [6.07, 6.45) is -13.1. The molecule has 2 saturated carbocycles.